The molecule has 8 aliphatic rings. The minimum absolute atomic E-state index is 0.0461. The summed E-state index contributed by atoms with van der Waals surface area (Å²) in [6, 6.07) is 35.9. The highest BCUT2D eigenvalue weighted by molar-refractivity contribution is 7.90. The van der Waals surface area contributed by atoms with Gasteiger partial charge in [0.25, 0.3) is 31.9 Å². The van der Waals surface area contributed by atoms with Crippen molar-refractivity contribution in [3.8, 4) is 23.0 Å². The number of benzene rings is 6. The van der Waals surface area contributed by atoms with Gasteiger partial charge in [-0.15, -0.1) is 0 Å². The number of fused-ring (bicyclic) bond motifs is 6. The van der Waals surface area contributed by atoms with Crippen molar-refractivity contribution in [1.29, 1.82) is 0 Å². The largest absolute Gasteiger partial charge is 0.466 e. The minimum atomic E-state index is -4.25. The number of amides is 8. The van der Waals surface area contributed by atoms with Gasteiger partial charge in [-0.05, 0) is 216 Å². The van der Waals surface area contributed by atoms with Crippen molar-refractivity contribution >= 4 is 96.8 Å². The Kier molecular flexibility index (Phi) is 28.6. The molecule has 0 bridgehead atoms. The lowest BCUT2D eigenvalue weighted by Crippen LogP contribution is -2.61. The topological polar surface area (TPSA) is 347 Å². The highest BCUT2D eigenvalue weighted by Crippen LogP contribution is 2.49. The normalized spacial score (nSPS) is 24.1. The Labute approximate surface area is 686 Å². The number of carbonyl (C=O) groups excluding carboxylic acids is 9. The van der Waals surface area contributed by atoms with Crippen molar-refractivity contribution in [3.05, 3.63) is 190 Å². The molecule has 6 N–H and O–H groups in total. The highest BCUT2D eigenvalue weighted by Gasteiger charge is 2.63. The van der Waals surface area contributed by atoms with E-state index in [1.165, 1.54) is 41.0 Å². The lowest BCUT2D eigenvalue weighted by atomic mass is 9.91. The van der Waals surface area contributed by atoms with E-state index >= 15 is 0 Å². The minimum Gasteiger partial charge on any atom is -0.466 e. The molecule has 618 valence electrons. The number of nitrogens with one attached hydrogen (secondary N) is 6. The van der Waals surface area contributed by atoms with Crippen LogP contribution in [0.2, 0.25) is 10.0 Å². The monoisotopic (exact) mass is 1670 g/mol. The van der Waals surface area contributed by atoms with Crippen LogP contribution in [0.5, 0.6) is 23.0 Å². The first-order valence-electron chi connectivity index (χ1n) is 40.1. The maximum absolute atomic E-state index is 14.6. The Morgan fingerprint density at radius 3 is 1.35 bits per heavy atom. The molecule has 14 rings (SSSR count). The number of esters is 1. The fraction of sp³-hybridized carbons (Fsp3) is 0.453. The van der Waals surface area contributed by atoms with E-state index in [0.717, 1.165) is 112 Å². The van der Waals surface area contributed by atoms with Gasteiger partial charge in [-0.3, -0.25) is 33.6 Å². The SMILES string of the molecule is CCOC(C)=O.O=C(N[C@H]1CCCCC/C=C\[C@@H]2C[C@@]2(C(=O)NS(=O)(=O)c2ccccc2)NC(=O)C2Cc3cc(Oc4cccc(Cl)c4)ccc3CN2C1=O)OC1CCCC1.O=C(N[C@H]1CCCCCCC[C@@H]2C[C@@]2(C(=O)NS(=O)(=O)c2ccccc2)NC(=O)C2Cc3cc(Oc4cccc(Cl)c4)ccc3CN2C1=O)OC1CCCC1. The Morgan fingerprint density at radius 2 is 0.905 bits per heavy atom. The Balaban J connectivity index is 0.000000200. The first-order valence-corrected chi connectivity index (χ1v) is 43.8. The van der Waals surface area contributed by atoms with Crippen molar-refractivity contribution < 1.29 is 83.7 Å². The molecule has 5 fully saturated rings. The van der Waals surface area contributed by atoms with Gasteiger partial charge in [0.05, 0.1) is 16.4 Å². The maximum Gasteiger partial charge on any atom is 0.408 e. The van der Waals surface area contributed by atoms with E-state index in [2.05, 4.69) is 35.4 Å². The fourth-order valence-corrected chi connectivity index (χ4v) is 18.6. The first-order chi connectivity index (χ1) is 55.8. The van der Waals surface area contributed by atoms with E-state index in [0.29, 0.717) is 78.2 Å². The molecule has 0 radical (unpaired) electrons. The van der Waals surface area contributed by atoms with E-state index < -0.39 is 109 Å². The summed E-state index contributed by atoms with van der Waals surface area (Å²) in [7, 11) is -8.48. The second-order valence-corrected chi connectivity index (χ2v) is 35.1. The number of carbonyl (C=O) groups is 9. The number of halogens is 2. The molecule has 26 nitrogen and oxygen atoms in total. The molecule has 1 saturated heterocycles. The molecule has 4 saturated carbocycles. The number of allylic oxidation sites excluding steroid dienone is 1. The zero-order valence-corrected chi connectivity index (χ0v) is 68.2. The van der Waals surface area contributed by atoms with Crippen LogP contribution >= 0.6 is 23.2 Å². The summed E-state index contributed by atoms with van der Waals surface area (Å²) in [4.78, 5) is 125. The van der Waals surface area contributed by atoms with Crippen molar-refractivity contribution in [1.82, 2.24) is 40.5 Å². The standard InChI is InChI=1S/C41H47ClN4O8S.C41H45ClN4O8S.C4H8O2/c2*42-30-13-11-16-32(24-30)53-33-21-20-27-26-46-36(23-28(27)22-33)37(47)44-41(39(49)45-55(51,52)34-17-6-4-7-18-34)25-29(41)12-5-2-1-3-8-19-35(38(46)48)43-40(50)54-31-14-9-10-15-31;1-3-6-4(2)5/h4,6-7,11,13,16-18,20-22,24,29,31,35-36H,1-3,5,8-10,12,14-15,19,23,25-26H2,(H,43,50)(H,44,47)(H,45,49);4-7,11-13,16-18,20-22,24,29,31,35-36H,1-3,8-10,14-15,19,23,25-26H2,(H,43,50)(H,44,47)(H,45,49);3H2,1-2H3/b;12-5-;/t2*29-,35+,36?,41-;/m11./s1. The molecule has 0 aromatic heterocycles. The van der Waals surface area contributed by atoms with Crippen molar-refractivity contribution in [2.24, 2.45) is 11.8 Å². The number of hydrogen-bond donors (Lipinski definition) is 6. The third-order valence-electron chi connectivity index (χ3n) is 22.5. The van der Waals surface area contributed by atoms with Crippen molar-refractivity contribution in [3.63, 3.8) is 0 Å². The molecule has 8 amide bonds. The van der Waals surface area contributed by atoms with Crippen LogP contribution in [-0.4, -0.2) is 134 Å². The highest BCUT2D eigenvalue weighted by atomic mass is 35.5. The summed E-state index contributed by atoms with van der Waals surface area (Å²) < 4.78 is 85.5. The maximum atomic E-state index is 14.6. The summed E-state index contributed by atoms with van der Waals surface area (Å²) >= 11 is 12.4. The van der Waals surface area contributed by atoms with E-state index in [9.17, 15) is 60.0 Å². The average Bonchev–Trinajstić information content (AvgIpc) is 1.58. The molecule has 30 heteroatoms. The van der Waals surface area contributed by atoms with Gasteiger partial charge in [0.1, 0.15) is 70.5 Å². The second-order valence-electron chi connectivity index (χ2n) is 30.8. The summed E-state index contributed by atoms with van der Waals surface area (Å²) in [6.07, 6.45) is 18.0. The molecular weight excluding hydrogens is 1570 g/mol. The summed E-state index contributed by atoms with van der Waals surface area (Å²) in [5.74, 6) is -2.64. The van der Waals surface area contributed by atoms with E-state index in [1.54, 1.807) is 104 Å². The van der Waals surface area contributed by atoms with Crippen molar-refractivity contribution in [2.45, 2.75) is 238 Å². The Morgan fingerprint density at radius 1 is 0.483 bits per heavy atom. The Hall–Kier alpha value is -10.0. The zero-order chi connectivity index (χ0) is 82.2. The van der Waals surface area contributed by atoms with Gasteiger partial charge in [0, 0.05) is 48.8 Å². The second kappa shape index (κ2) is 38.8. The lowest BCUT2D eigenvalue weighted by molar-refractivity contribution is -0.144. The third-order valence-corrected chi connectivity index (χ3v) is 25.7. The fourth-order valence-electron chi connectivity index (χ4n) is 16.1. The van der Waals surface area contributed by atoms with Gasteiger partial charge in [-0.2, -0.15) is 0 Å². The molecule has 8 atom stereocenters. The first kappa shape index (κ1) is 85.3. The number of alkyl carbamates (subject to hydrolysis) is 2. The van der Waals surface area contributed by atoms with Crippen LogP contribution in [0.1, 0.15) is 177 Å². The van der Waals surface area contributed by atoms with Gasteiger partial charge in [0.2, 0.25) is 23.6 Å². The van der Waals surface area contributed by atoms with Crippen LogP contribution in [0.4, 0.5) is 9.59 Å². The summed E-state index contributed by atoms with van der Waals surface area (Å²) in [5.41, 5.74) is 0.0640. The van der Waals surface area contributed by atoms with E-state index in [1.807, 2.05) is 36.4 Å². The molecule has 4 heterocycles. The van der Waals surface area contributed by atoms with Gasteiger partial charge in [-0.1, -0.05) is 141 Å². The van der Waals surface area contributed by atoms with E-state index in [4.69, 9.17) is 42.1 Å². The Bertz CT molecular complexity index is 4840. The average molecular weight is 1670 g/mol. The number of hydrogen-bond acceptors (Lipinski definition) is 18. The smallest absolute Gasteiger partial charge is 0.408 e. The number of nitrogens with zero attached hydrogens (tertiary/aromatic N) is 2. The van der Waals surface area contributed by atoms with Gasteiger partial charge in [-0.25, -0.2) is 35.9 Å². The van der Waals surface area contributed by atoms with Crippen LogP contribution < -0.4 is 40.2 Å². The third kappa shape index (κ3) is 22.2. The number of sulfonamides is 2. The van der Waals surface area contributed by atoms with Gasteiger partial charge in [0.15, 0.2) is 0 Å². The molecule has 0 spiro atoms. The number of rotatable bonds is 15. The quantitative estimate of drug-likeness (QED) is 0.0316. The molecule has 4 aliphatic carbocycles. The van der Waals surface area contributed by atoms with Crippen LogP contribution in [0.25, 0.3) is 0 Å². The van der Waals surface area contributed by atoms with Crippen LogP contribution in [-0.2, 0) is 93.8 Å². The molecule has 6 aromatic carbocycles. The van der Waals surface area contributed by atoms with E-state index in [-0.39, 0.29) is 72.7 Å². The van der Waals surface area contributed by atoms with Crippen LogP contribution in [0.3, 0.4) is 0 Å². The predicted octanol–water partition coefficient (Wildman–Crippen LogP) is 13.4. The van der Waals surface area contributed by atoms with Crippen molar-refractivity contribution in [2.75, 3.05) is 6.61 Å². The van der Waals surface area contributed by atoms with Crippen LogP contribution in [0, 0.1) is 11.8 Å². The van der Waals surface area contributed by atoms with Gasteiger partial charge >= 0.3 is 18.2 Å². The van der Waals surface area contributed by atoms with Gasteiger partial charge < -0.3 is 54.8 Å². The molecule has 2 unspecified atom stereocenters. The molecule has 4 aliphatic heterocycles. The number of ether oxygens (including phenoxy) is 5. The summed E-state index contributed by atoms with van der Waals surface area (Å²) in [6.45, 7) is 3.76. The lowest BCUT2D eigenvalue weighted by Gasteiger charge is -2.39. The zero-order valence-electron chi connectivity index (χ0n) is 65.0. The van der Waals surface area contributed by atoms with Crippen LogP contribution in [0.15, 0.2) is 168 Å². The molecule has 116 heavy (non-hydrogen) atoms. The predicted molar refractivity (Wildman–Crippen MR) is 432 cm³/mol. The summed E-state index contributed by atoms with van der Waals surface area (Å²) in [5, 5.41) is 12.6. The molecule has 6 aromatic rings. The molecular formula is C86H100Cl2N8O18S2.